The van der Waals surface area contributed by atoms with Gasteiger partial charge < -0.3 is 20.4 Å². The Kier molecular flexibility index (Phi) is 10.9. The van der Waals surface area contributed by atoms with E-state index in [9.17, 15) is 9.59 Å². The number of hydrogen-bond acceptors (Lipinski definition) is 4. The molecule has 0 fully saturated rings. The van der Waals surface area contributed by atoms with Gasteiger partial charge in [0.1, 0.15) is 0 Å². The number of carboxylic acid groups (broad SMARTS) is 2. The first kappa shape index (κ1) is 18.7. The Labute approximate surface area is 106 Å². The minimum atomic E-state index is -1.05. The maximum Gasteiger partial charge on any atom is 0.331 e. The molecule has 0 radical (unpaired) electrons. The Hall–Kier alpha value is -1.66. The van der Waals surface area contributed by atoms with Crippen molar-refractivity contribution < 1.29 is 30.0 Å². The number of aliphatic carboxylic acids is 2. The summed E-state index contributed by atoms with van der Waals surface area (Å²) in [5.41, 5.74) is 0.328. The number of rotatable bonds is 6. The van der Waals surface area contributed by atoms with Crippen LogP contribution in [0.25, 0.3) is 0 Å². The third kappa shape index (κ3) is 12.4. The van der Waals surface area contributed by atoms with Crippen molar-refractivity contribution in [3.8, 4) is 0 Å². The Morgan fingerprint density at radius 2 is 1.78 bits per heavy atom. The Bertz CT molecular complexity index is 317. The number of carboxylic acids is 2. The third-order valence-corrected chi connectivity index (χ3v) is 1.76. The molecule has 1 unspecified atom stereocenters. The van der Waals surface area contributed by atoms with Crippen LogP contribution in [0.5, 0.6) is 0 Å². The van der Waals surface area contributed by atoms with Crippen LogP contribution in [0.1, 0.15) is 26.7 Å². The Morgan fingerprint density at radius 3 is 2.00 bits per heavy atom. The van der Waals surface area contributed by atoms with Crippen LogP contribution in [0.3, 0.4) is 0 Å². The minimum Gasteiger partial charge on any atom is -0.478 e. The molecule has 1 atom stereocenters. The first-order valence-corrected chi connectivity index (χ1v) is 5.32. The summed E-state index contributed by atoms with van der Waals surface area (Å²) in [5, 5.41) is 33.4. The molecule has 0 aromatic rings. The summed E-state index contributed by atoms with van der Waals surface area (Å²) in [5.74, 6) is -1.97. The van der Waals surface area contributed by atoms with E-state index in [1.54, 1.807) is 0 Å². The van der Waals surface area contributed by atoms with E-state index >= 15 is 0 Å². The summed E-state index contributed by atoms with van der Waals surface area (Å²) in [6.07, 6.45) is 1.42. The fraction of sp³-hybridized carbons (Fsp3) is 0.500. The highest BCUT2D eigenvalue weighted by molar-refractivity contribution is 5.86. The molecule has 0 aliphatic rings. The van der Waals surface area contributed by atoms with E-state index in [0.717, 1.165) is 0 Å². The van der Waals surface area contributed by atoms with Gasteiger partial charge in [0, 0.05) is 24.2 Å². The lowest BCUT2D eigenvalue weighted by Gasteiger charge is -2.01. The van der Waals surface area contributed by atoms with Gasteiger partial charge in [0.25, 0.3) is 0 Å². The van der Waals surface area contributed by atoms with Crippen molar-refractivity contribution in [3.05, 3.63) is 23.8 Å². The van der Waals surface area contributed by atoms with Crippen LogP contribution < -0.4 is 0 Å². The Balaban J connectivity index is 0. The predicted octanol–water partition coefficient (Wildman–Crippen LogP) is 0.798. The molecular weight excluding hydrogens is 240 g/mol. The summed E-state index contributed by atoms with van der Waals surface area (Å²) in [7, 11) is 0. The van der Waals surface area contributed by atoms with Crippen LogP contribution in [0, 0.1) is 0 Å². The first-order valence-electron chi connectivity index (χ1n) is 5.32. The lowest BCUT2D eigenvalue weighted by atomic mass is 10.1. The van der Waals surface area contributed by atoms with Crippen molar-refractivity contribution in [3.63, 3.8) is 0 Å². The van der Waals surface area contributed by atoms with E-state index in [2.05, 4.69) is 6.58 Å². The fourth-order valence-corrected chi connectivity index (χ4v) is 0.812. The molecule has 4 N–H and O–H groups in total. The van der Waals surface area contributed by atoms with E-state index in [-0.39, 0.29) is 24.2 Å². The second kappa shape index (κ2) is 10.5. The molecule has 6 nitrogen and oxygen atoms in total. The van der Waals surface area contributed by atoms with Gasteiger partial charge in [-0.25, -0.2) is 9.59 Å². The van der Waals surface area contributed by atoms with Gasteiger partial charge in [0.05, 0.1) is 6.10 Å². The summed E-state index contributed by atoms with van der Waals surface area (Å²) in [4.78, 5) is 20.1. The zero-order valence-electron chi connectivity index (χ0n) is 10.6. The van der Waals surface area contributed by atoms with E-state index in [4.69, 9.17) is 20.4 Å². The molecule has 0 aliphatic heterocycles. The maximum absolute atomic E-state index is 10.1. The third-order valence-electron chi connectivity index (χ3n) is 1.76. The molecule has 18 heavy (non-hydrogen) atoms. The smallest absolute Gasteiger partial charge is 0.331 e. The normalized spacial score (nSPS) is 12.1. The molecule has 0 spiro atoms. The molecule has 0 aromatic heterocycles. The van der Waals surface area contributed by atoms with Crippen LogP contribution in [0.2, 0.25) is 0 Å². The van der Waals surface area contributed by atoms with Gasteiger partial charge in [0.15, 0.2) is 0 Å². The van der Waals surface area contributed by atoms with Crippen molar-refractivity contribution in [2.24, 2.45) is 0 Å². The van der Waals surface area contributed by atoms with E-state index in [1.807, 2.05) is 0 Å². The lowest BCUT2D eigenvalue weighted by molar-refractivity contribution is -0.133. The predicted molar refractivity (Wildman–Crippen MR) is 66.2 cm³/mol. The zero-order chi connectivity index (χ0) is 14.7. The van der Waals surface area contributed by atoms with Crippen LogP contribution in [-0.4, -0.2) is 45.1 Å². The van der Waals surface area contributed by atoms with Crippen molar-refractivity contribution in [2.75, 3.05) is 6.61 Å². The highest BCUT2D eigenvalue weighted by Crippen LogP contribution is 2.01. The molecule has 0 aliphatic carbocycles. The van der Waals surface area contributed by atoms with Gasteiger partial charge in [-0.05, 0) is 20.3 Å². The van der Waals surface area contributed by atoms with Gasteiger partial charge in [-0.2, -0.15) is 0 Å². The molecule has 0 heterocycles. The quantitative estimate of drug-likeness (QED) is 0.525. The molecule has 0 amide bonds. The summed E-state index contributed by atoms with van der Waals surface area (Å²) >= 11 is 0. The first-order chi connectivity index (χ1) is 8.22. The van der Waals surface area contributed by atoms with Gasteiger partial charge >= 0.3 is 11.9 Å². The second-order valence-corrected chi connectivity index (χ2v) is 3.67. The van der Waals surface area contributed by atoms with Crippen LogP contribution >= 0.6 is 0 Å². The Morgan fingerprint density at radius 1 is 1.28 bits per heavy atom. The van der Waals surface area contributed by atoms with Crippen molar-refractivity contribution in [2.45, 2.75) is 32.8 Å². The highest BCUT2D eigenvalue weighted by atomic mass is 16.4. The van der Waals surface area contributed by atoms with E-state index < -0.39 is 18.0 Å². The molecule has 0 bridgehead atoms. The van der Waals surface area contributed by atoms with Crippen molar-refractivity contribution in [1.29, 1.82) is 0 Å². The summed E-state index contributed by atoms with van der Waals surface area (Å²) in [6, 6.07) is 0. The molecule has 0 saturated heterocycles. The van der Waals surface area contributed by atoms with Gasteiger partial charge in [-0.1, -0.05) is 12.7 Å². The summed E-state index contributed by atoms with van der Waals surface area (Å²) in [6.45, 7) is 6.26. The van der Waals surface area contributed by atoms with Crippen molar-refractivity contribution in [1.82, 2.24) is 0 Å². The van der Waals surface area contributed by atoms with Crippen LogP contribution in [-0.2, 0) is 9.59 Å². The average molecular weight is 260 g/mol. The topological polar surface area (TPSA) is 115 Å². The largest absolute Gasteiger partial charge is 0.478 e. The molecular formula is C12H20O6. The van der Waals surface area contributed by atoms with Crippen molar-refractivity contribution >= 4 is 11.9 Å². The van der Waals surface area contributed by atoms with Crippen LogP contribution in [0.15, 0.2) is 23.8 Å². The van der Waals surface area contributed by atoms with Crippen LogP contribution in [0.4, 0.5) is 0 Å². The number of hydrogen-bond donors (Lipinski definition) is 4. The maximum atomic E-state index is 10.1. The number of aliphatic hydroxyl groups excluding tert-OH is 2. The second-order valence-electron chi connectivity index (χ2n) is 3.67. The van der Waals surface area contributed by atoms with E-state index in [0.29, 0.717) is 6.42 Å². The molecule has 0 rings (SSSR count). The van der Waals surface area contributed by atoms with E-state index in [1.165, 1.54) is 19.9 Å². The fourth-order valence-electron chi connectivity index (χ4n) is 0.812. The molecule has 0 aromatic carbocycles. The lowest BCUT2D eigenvalue weighted by Crippen LogP contribution is -2.07. The molecule has 104 valence electrons. The van der Waals surface area contributed by atoms with Gasteiger partial charge in [-0.15, -0.1) is 0 Å². The number of aliphatic hydroxyl groups is 2. The molecule has 0 saturated carbocycles. The molecule has 6 heteroatoms. The minimum absolute atomic E-state index is 0.00458. The average Bonchev–Trinajstić information content (AvgIpc) is 2.25. The highest BCUT2D eigenvalue weighted by Gasteiger charge is 2.05. The zero-order valence-corrected chi connectivity index (χ0v) is 10.6. The van der Waals surface area contributed by atoms with Gasteiger partial charge in [-0.3, -0.25) is 0 Å². The SMILES string of the molecule is C/C(=C\CCO)C(=O)O.C=C(CC(C)O)C(=O)O. The summed E-state index contributed by atoms with van der Waals surface area (Å²) < 4.78 is 0. The number of carbonyl (C=O) groups is 2. The van der Waals surface area contributed by atoms with Gasteiger partial charge in [0.2, 0.25) is 0 Å². The standard InChI is InChI=1S/2C6H10O3/c1-4(6(8)9)3-5(2)7;1-5(6(8)9)3-2-4-7/h5,7H,1,3H2,2H3,(H,8,9);3,7H,2,4H2,1H3,(H,8,9)/b;5-3+. The monoisotopic (exact) mass is 260 g/mol.